The third-order valence-electron chi connectivity index (χ3n) is 4.54. The van der Waals surface area contributed by atoms with Crippen LogP contribution in [0.4, 0.5) is 4.39 Å². The topological polar surface area (TPSA) is 98.7 Å². The number of rotatable bonds is 5. The molecule has 0 saturated heterocycles. The number of nitrogens with one attached hydrogen (secondary N) is 1. The van der Waals surface area contributed by atoms with E-state index in [1.54, 1.807) is 35.2 Å². The van der Waals surface area contributed by atoms with Crippen molar-refractivity contribution in [1.29, 1.82) is 0 Å². The molecule has 31 heavy (non-hydrogen) atoms. The first-order chi connectivity index (χ1) is 14.8. The Labute approximate surface area is 178 Å². The Hall–Kier alpha value is -3.88. The van der Waals surface area contributed by atoms with Crippen LogP contribution in [0.15, 0.2) is 59.6 Å². The highest BCUT2D eigenvalue weighted by Gasteiger charge is 2.23. The number of nitrogens with zero attached hydrogens (tertiary/aromatic N) is 5. The summed E-state index contributed by atoms with van der Waals surface area (Å²) in [6.45, 7) is 6.26. The van der Waals surface area contributed by atoms with E-state index in [1.807, 2.05) is 26.8 Å². The zero-order valence-corrected chi connectivity index (χ0v) is 17.3. The average molecular weight is 420 g/mol. The third-order valence-corrected chi connectivity index (χ3v) is 4.54. The second-order valence-corrected chi connectivity index (χ2v) is 8.02. The third kappa shape index (κ3) is 4.50. The van der Waals surface area contributed by atoms with Crippen molar-refractivity contribution in [1.82, 2.24) is 30.0 Å². The molecule has 4 aromatic rings. The largest absolute Gasteiger partial charge is 0.347 e. The van der Waals surface area contributed by atoms with Gasteiger partial charge in [0.05, 0.1) is 5.56 Å². The number of amides is 1. The first kappa shape index (κ1) is 20.4. The maximum absolute atomic E-state index is 13.0. The van der Waals surface area contributed by atoms with Crippen molar-refractivity contribution in [2.75, 3.05) is 0 Å². The lowest BCUT2D eigenvalue weighted by molar-refractivity contribution is 0.0946. The van der Waals surface area contributed by atoms with Crippen LogP contribution in [-0.2, 0) is 12.0 Å². The number of halogens is 1. The summed E-state index contributed by atoms with van der Waals surface area (Å²) in [5.74, 6) is 0.758. The van der Waals surface area contributed by atoms with Crippen LogP contribution in [-0.4, -0.2) is 30.6 Å². The highest BCUT2D eigenvalue weighted by atomic mass is 19.1. The van der Waals surface area contributed by atoms with Crippen LogP contribution in [0.2, 0.25) is 0 Å². The lowest BCUT2D eigenvalue weighted by Gasteiger charge is -2.11. The van der Waals surface area contributed by atoms with Gasteiger partial charge in [-0.05, 0) is 29.8 Å². The van der Waals surface area contributed by atoms with Crippen LogP contribution in [0.1, 0.15) is 42.6 Å². The van der Waals surface area contributed by atoms with Gasteiger partial charge >= 0.3 is 0 Å². The van der Waals surface area contributed by atoms with E-state index >= 15 is 0 Å². The van der Waals surface area contributed by atoms with Crippen molar-refractivity contribution < 1.29 is 13.7 Å². The number of pyridine rings is 1. The number of hydrogen-bond donors (Lipinski definition) is 1. The molecule has 158 valence electrons. The first-order valence-corrected chi connectivity index (χ1v) is 9.68. The zero-order valence-electron chi connectivity index (χ0n) is 17.3. The summed E-state index contributed by atoms with van der Waals surface area (Å²) < 4.78 is 20.1. The molecule has 0 spiro atoms. The van der Waals surface area contributed by atoms with Gasteiger partial charge in [-0.25, -0.2) is 14.4 Å². The minimum atomic E-state index is -0.353. The van der Waals surface area contributed by atoms with E-state index in [0.717, 1.165) is 5.56 Å². The molecule has 0 radical (unpaired) electrons. The predicted octanol–water partition coefficient (Wildman–Crippen LogP) is 3.68. The van der Waals surface area contributed by atoms with Crippen LogP contribution < -0.4 is 5.32 Å². The lowest BCUT2D eigenvalue weighted by atomic mass is 9.96. The van der Waals surface area contributed by atoms with Gasteiger partial charge in [-0.3, -0.25) is 9.36 Å². The van der Waals surface area contributed by atoms with Gasteiger partial charge in [0.15, 0.2) is 11.6 Å². The van der Waals surface area contributed by atoms with Crippen LogP contribution in [0.3, 0.4) is 0 Å². The predicted molar refractivity (Wildman–Crippen MR) is 111 cm³/mol. The van der Waals surface area contributed by atoms with Crippen molar-refractivity contribution in [2.24, 2.45) is 0 Å². The molecule has 0 aliphatic carbocycles. The highest BCUT2D eigenvalue weighted by molar-refractivity contribution is 5.92. The Morgan fingerprint density at radius 2 is 1.94 bits per heavy atom. The van der Waals surface area contributed by atoms with Crippen LogP contribution in [0.25, 0.3) is 17.3 Å². The van der Waals surface area contributed by atoms with Gasteiger partial charge in [-0.1, -0.05) is 38.1 Å². The minimum absolute atomic E-state index is 0.222. The fourth-order valence-electron chi connectivity index (χ4n) is 2.84. The van der Waals surface area contributed by atoms with Crippen molar-refractivity contribution >= 4 is 5.91 Å². The summed E-state index contributed by atoms with van der Waals surface area (Å²) in [6, 6.07) is 9.52. The van der Waals surface area contributed by atoms with E-state index in [2.05, 4.69) is 25.4 Å². The SMILES string of the molecule is CC(C)(C)c1noc(-c2cccnc2-n2cnc(C(=O)NCc3ccc(F)cc3)c2)n1. The fraction of sp³-hybridized carbons (Fsp3) is 0.227. The summed E-state index contributed by atoms with van der Waals surface area (Å²) in [7, 11) is 0. The van der Waals surface area contributed by atoms with Crippen molar-refractivity contribution in [3.63, 3.8) is 0 Å². The molecule has 3 heterocycles. The molecular weight excluding hydrogens is 399 g/mol. The summed E-state index contributed by atoms with van der Waals surface area (Å²) in [5, 5.41) is 6.83. The summed E-state index contributed by atoms with van der Waals surface area (Å²) in [5.41, 5.74) is 1.38. The fourth-order valence-corrected chi connectivity index (χ4v) is 2.84. The number of carbonyl (C=O) groups excluding carboxylic acids is 1. The van der Waals surface area contributed by atoms with Gasteiger partial charge in [0.2, 0.25) is 0 Å². The second kappa shape index (κ2) is 8.10. The Morgan fingerprint density at radius 1 is 1.16 bits per heavy atom. The van der Waals surface area contributed by atoms with Crippen LogP contribution >= 0.6 is 0 Å². The van der Waals surface area contributed by atoms with E-state index < -0.39 is 0 Å². The minimum Gasteiger partial charge on any atom is -0.347 e. The first-order valence-electron chi connectivity index (χ1n) is 9.68. The number of benzene rings is 1. The Balaban J connectivity index is 1.54. The molecule has 0 atom stereocenters. The summed E-state index contributed by atoms with van der Waals surface area (Å²) in [6.07, 6.45) is 4.71. The van der Waals surface area contributed by atoms with Crippen LogP contribution in [0, 0.1) is 5.82 Å². The Kier molecular flexibility index (Phi) is 5.33. The standard InChI is InChI=1S/C22H21FN6O2/c1-22(2,3)21-27-20(31-28-21)16-5-4-10-24-18(16)29-12-17(26-13-29)19(30)25-11-14-6-8-15(23)9-7-14/h4-10,12-13H,11H2,1-3H3,(H,25,30). The van der Waals surface area contributed by atoms with Crippen molar-refractivity contribution in [2.45, 2.75) is 32.7 Å². The van der Waals surface area contributed by atoms with Crippen molar-refractivity contribution in [3.8, 4) is 17.3 Å². The molecule has 9 heteroatoms. The van der Waals surface area contributed by atoms with Crippen LogP contribution in [0.5, 0.6) is 0 Å². The van der Waals surface area contributed by atoms with Gasteiger partial charge in [0.25, 0.3) is 11.8 Å². The van der Waals surface area contributed by atoms with Gasteiger partial charge in [-0.15, -0.1) is 0 Å². The molecule has 4 rings (SSSR count). The quantitative estimate of drug-likeness (QED) is 0.529. The number of carbonyl (C=O) groups is 1. The number of imidazole rings is 1. The smallest absolute Gasteiger partial charge is 0.271 e. The molecule has 8 nitrogen and oxygen atoms in total. The zero-order chi connectivity index (χ0) is 22.0. The monoisotopic (exact) mass is 420 g/mol. The second-order valence-electron chi connectivity index (χ2n) is 8.02. The molecule has 0 bridgehead atoms. The van der Waals surface area contributed by atoms with Gasteiger partial charge in [-0.2, -0.15) is 4.98 Å². The van der Waals surface area contributed by atoms with Gasteiger partial charge in [0, 0.05) is 24.4 Å². The van der Waals surface area contributed by atoms with Gasteiger partial charge in [0.1, 0.15) is 17.8 Å². The van der Waals surface area contributed by atoms with E-state index in [0.29, 0.717) is 23.1 Å². The molecule has 0 fully saturated rings. The number of hydrogen-bond acceptors (Lipinski definition) is 6. The number of aromatic nitrogens is 5. The molecular formula is C22H21FN6O2. The van der Waals surface area contributed by atoms with E-state index in [-0.39, 0.29) is 29.4 Å². The van der Waals surface area contributed by atoms with E-state index in [1.165, 1.54) is 18.5 Å². The summed E-state index contributed by atoms with van der Waals surface area (Å²) in [4.78, 5) is 25.5. The van der Waals surface area contributed by atoms with Gasteiger partial charge < -0.3 is 9.84 Å². The average Bonchev–Trinajstić information content (AvgIpc) is 3.43. The molecule has 0 unspecified atom stereocenters. The molecule has 1 aromatic carbocycles. The maximum atomic E-state index is 13.0. The molecule has 1 amide bonds. The molecule has 0 aliphatic rings. The Morgan fingerprint density at radius 3 is 2.65 bits per heavy atom. The molecule has 0 aliphatic heterocycles. The summed E-state index contributed by atoms with van der Waals surface area (Å²) >= 11 is 0. The van der Waals surface area contributed by atoms with E-state index in [9.17, 15) is 9.18 Å². The Bertz CT molecular complexity index is 1210. The maximum Gasteiger partial charge on any atom is 0.271 e. The van der Waals surface area contributed by atoms with E-state index in [4.69, 9.17) is 4.52 Å². The van der Waals surface area contributed by atoms with Crippen molar-refractivity contribution in [3.05, 3.63) is 78.0 Å². The normalized spacial score (nSPS) is 11.5. The molecule has 3 aromatic heterocycles. The molecule has 0 saturated carbocycles. The molecule has 1 N–H and O–H groups in total. The lowest BCUT2D eigenvalue weighted by Crippen LogP contribution is -2.23. The highest BCUT2D eigenvalue weighted by Crippen LogP contribution is 2.27.